The maximum absolute atomic E-state index is 12.4. The van der Waals surface area contributed by atoms with Gasteiger partial charge in [-0.3, -0.25) is 0 Å². The quantitative estimate of drug-likeness (QED) is 0.709. The predicted octanol–water partition coefficient (Wildman–Crippen LogP) is 3.78. The fourth-order valence-corrected chi connectivity index (χ4v) is 3.02. The Hall–Kier alpha value is -3.67. The first kappa shape index (κ1) is 18.1. The highest BCUT2D eigenvalue weighted by Crippen LogP contribution is 2.33. The second kappa shape index (κ2) is 7.29. The molecule has 3 rings (SSSR count). The van der Waals surface area contributed by atoms with Gasteiger partial charge in [0.25, 0.3) is 0 Å². The van der Waals surface area contributed by atoms with Gasteiger partial charge in [-0.25, -0.2) is 14.4 Å². The molecule has 0 saturated carbocycles. The standard InChI is InChI=1S/C21H16O6/c1-26-20(24)17-11-18(21(25)27-2)16(19(22)23)10-15(17)14-9-5-7-12-6-3-4-8-13(12)14/h3-11H,1-2H3,(H,22,23). The van der Waals surface area contributed by atoms with Gasteiger partial charge in [0.05, 0.1) is 30.9 Å². The number of carboxylic acids is 1. The molecule has 0 unspecified atom stereocenters. The average Bonchev–Trinajstić information content (AvgIpc) is 2.71. The molecule has 1 N–H and O–H groups in total. The predicted molar refractivity (Wildman–Crippen MR) is 99.0 cm³/mol. The molecule has 0 aliphatic heterocycles. The van der Waals surface area contributed by atoms with Crippen molar-refractivity contribution in [1.82, 2.24) is 0 Å². The summed E-state index contributed by atoms with van der Waals surface area (Å²) in [6.07, 6.45) is 0. The number of carboxylic acid groups (broad SMARTS) is 1. The molecule has 0 aromatic heterocycles. The van der Waals surface area contributed by atoms with Crippen molar-refractivity contribution in [3.63, 3.8) is 0 Å². The Morgan fingerprint density at radius 1 is 0.741 bits per heavy atom. The maximum atomic E-state index is 12.4. The average molecular weight is 364 g/mol. The van der Waals surface area contributed by atoms with Gasteiger partial charge in [-0.2, -0.15) is 0 Å². The van der Waals surface area contributed by atoms with Crippen LogP contribution in [0.25, 0.3) is 21.9 Å². The number of carbonyl (C=O) groups is 3. The zero-order valence-electron chi connectivity index (χ0n) is 14.7. The minimum Gasteiger partial charge on any atom is -0.478 e. The summed E-state index contributed by atoms with van der Waals surface area (Å²) in [5.74, 6) is -2.82. The van der Waals surface area contributed by atoms with E-state index in [1.54, 1.807) is 6.07 Å². The lowest BCUT2D eigenvalue weighted by molar-refractivity contribution is 0.0580. The van der Waals surface area contributed by atoms with Gasteiger partial charge in [-0.15, -0.1) is 0 Å². The van der Waals surface area contributed by atoms with Crippen LogP contribution in [0.2, 0.25) is 0 Å². The summed E-state index contributed by atoms with van der Waals surface area (Å²) in [6.45, 7) is 0. The second-order valence-corrected chi connectivity index (χ2v) is 5.76. The van der Waals surface area contributed by atoms with Crippen LogP contribution in [0.3, 0.4) is 0 Å². The van der Waals surface area contributed by atoms with Crippen LogP contribution in [0.5, 0.6) is 0 Å². The molecule has 0 saturated heterocycles. The molecule has 136 valence electrons. The van der Waals surface area contributed by atoms with E-state index in [1.807, 2.05) is 36.4 Å². The van der Waals surface area contributed by atoms with Crippen molar-refractivity contribution in [2.45, 2.75) is 0 Å². The first-order chi connectivity index (χ1) is 13.0. The lowest BCUT2D eigenvalue weighted by Crippen LogP contribution is -2.14. The third-order valence-corrected chi connectivity index (χ3v) is 4.28. The SMILES string of the molecule is COC(=O)c1cc(C(=O)OC)c(-c2cccc3ccccc23)cc1C(=O)O. The fraction of sp³-hybridized carbons (Fsp3) is 0.0952. The lowest BCUT2D eigenvalue weighted by Gasteiger charge is -2.14. The number of rotatable bonds is 4. The topological polar surface area (TPSA) is 89.9 Å². The molecular weight excluding hydrogens is 348 g/mol. The van der Waals surface area contributed by atoms with Crippen molar-refractivity contribution in [1.29, 1.82) is 0 Å². The lowest BCUT2D eigenvalue weighted by atomic mass is 9.90. The highest BCUT2D eigenvalue weighted by atomic mass is 16.5. The number of esters is 2. The molecule has 27 heavy (non-hydrogen) atoms. The smallest absolute Gasteiger partial charge is 0.338 e. The Balaban J connectivity index is 2.40. The van der Waals surface area contributed by atoms with Gasteiger partial charge in [0.2, 0.25) is 0 Å². The Morgan fingerprint density at radius 3 is 2.04 bits per heavy atom. The first-order valence-electron chi connectivity index (χ1n) is 8.04. The van der Waals surface area contributed by atoms with Crippen molar-refractivity contribution < 1.29 is 29.0 Å². The Labute approximate surface area is 155 Å². The van der Waals surface area contributed by atoms with Gasteiger partial charge in [0, 0.05) is 0 Å². The van der Waals surface area contributed by atoms with Crippen LogP contribution in [-0.2, 0) is 9.47 Å². The van der Waals surface area contributed by atoms with Crippen molar-refractivity contribution in [2.24, 2.45) is 0 Å². The fourth-order valence-electron chi connectivity index (χ4n) is 3.02. The number of methoxy groups -OCH3 is 2. The molecule has 3 aromatic rings. The van der Waals surface area contributed by atoms with E-state index in [4.69, 9.17) is 4.74 Å². The monoisotopic (exact) mass is 364 g/mol. The van der Waals surface area contributed by atoms with E-state index in [1.165, 1.54) is 19.2 Å². The molecular formula is C21H16O6. The van der Waals surface area contributed by atoms with Crippen LogP contribution in [0.1, 0.15) is 31.1 Å². The Morgan fingerprint density at radius 2 is 1.37 bits per heavy atom. The van der Waals surface area contributed by atoms with Gasteiger partial charge >= 0.3 is 17.9 Å². The number of ether oxygens (including phenoxy) is 2. The molecule has 0 atom stereocenters. The summed E-state index contributed by atoms with van der Waals surface area (Å²) in [4.78, 5) is 36.1. The molecule has 0 aliphatic rings. The molecule has 0 fully saturated rings. The summed E-state index contributed by atoms with van der Waals surface area (Å²) in [5.41, 5.74) is 0.641. The minimum atomic E-state index is -1.30. The third kappa shape index (κ3) is 3.25. The van der Waals surface area contributed by atoms with Gasteiger partial charge in [0.1, 0.15) is 0 Å². The molecule has 0 amide bonds. The van der Waals surface area contributed by atoms with E-state index >= 15 is 0 Å². The summed E-state index contributed by atoms with van der Waals surface area (Å²) >= 11 is 0. The van der Waals surface area contributed by atoms with Gasteiger partial charge in [0.15, 0.2) is 0 Å². The van der Waals surface area contributed by atoms with Crippen LogP contribution in [0, 0.1) is 0 Å². The second-order valence-electron chi connectivity index (χ2n) is 5.76. The van der Waals surface area contributed by atoms with Crippen molar-refractivity contribution in [2.75, 3.05) is 14.2 Å². The highest BCUT2D eigenvalue weighted by molar-refractivity contribution is 6.10. The molecule has 0 bridgehead atoms. The molecule has 6 heteroatoms. The number of hydrogen-bond donors (Lipinski definition) is 1. The van der Waals surface area contributed by atoms with Gasteiger partial charge in [-0.05, 0) is 34.0 Å². The van der Waals surface area contributed by atoms with Crippen molar-refractivity contribution >= 4 is 28.7 Å². The zero-order chi connectivity index (χ0) is 19.6. The van der Waals surface area contributed by atoms with E-state index in [-0.39, 0.29) is 16.7 Å². The van der Waals surface area contributed by atoms with Crippen molar-refractivity contribution in [3.8, 4) is 11.1 Å². The number of carbonyl (C=O) groups excluding carboxylic acids is 2. The van der Waals surface area contributed by atoms with E-state index in [0.29, 0.717) is 11.1 Å². The molecule has 3 aromatic carbocycles. The number of benzene rings is 3. The number of hydrogen-bond acceptors (Lipinski definition) is 5. The molecule has 0 spiro atoms. The van der Waals surface area contributed by atoms with E-state index in [9.17, 15) is 19.5 Å². The minimum absolute atomic E-state index is 0.0826. The van der Waals surface area contributed by atoms with Crippen molar-refractivity contribution in [3.05, 3.63) is 71.3 Å². The Kier molecular flexibility index (Phi) is 4.90. The summed E-state index contributed by atoms with van der Waals surface area (Å²) in [7, 11) is 2.36. The summed E-state index contributed by atoms with van der Waals surface area (Å²) in [6, 6.07) is 15.6. The normalized spacial score (nSPS) is 10.4. The van der Waals surface area contributed by atoms with Crippen LogP contribution >= 0.6 is 0 Å². The van der Waals surface area contributed by atoms with Gasteiger partial charge < -0.3 is 14.6 Å². The van der Waals surface area contributed by atoms with Crippen LogP contribution in [0.4, 0.5) is 0 Å². The van der Waals surface area contributed by atoms with Crippen LogP contribution in [-0.4, -0.2) is 37.2 Å². The van der Waals surface area contributed by atoms with Gasteiger partial charge in [-0.1, -0.05) is 42.5 Å². The first-order valence-corrected chi connectivity index (χ1v) is 8.04. The number of fused-ring (bicyclic) bond motifs is 1. The van der Waals surface area contributed by atoms with E-state index in [0.717, 1.165) is 17.9 Å². The van der Waals surface area contributed by atoms with Crippen LogP contribution in [0.15, 0.2) is 54.6 Å². The van der Waals surface area contributed by atoms with E-state index < -0.39 is 17.9 Å². The molecule has 0 heterocycles. The Bertz CT molecular complexity index is 1060. The largest absolute Gasteiger partial charge is 0.478 e. The number of aromatic carboxylic acids is 1. The molecule has 0 radical (unpaired) electrons. The third-order valence-electron chi connectivity index (χ3n) is 4.28. The molecule has 6 nitrogen and oxygen atoms in total. The summed E-state index contributed by atoms with van der Waals surface area (Å²) in [5, 5.41) is 11.3. The summed E-state index contributed by atoms with van der Waals surface area (Å²) < 4.78 is 9.50. The zero-order valence-corrected chi connectivity index (χ0v) is 14.7. The molecule has 0 aliphatic carbocycles. The highest BCUT2D eigenvalue weighted by Gasteiger charge is 2.25. The van der Waals surface area contributed by atoms with E-state index in [2.05, 4.69) is 4.74 Å². The maximum Gasteiger partial charge on any atom is 0.338 e. The van der Waals surface area contributed by atoms with Crippen LogP contribution < -0.4 is 0 Å².